The molecule has 3 aromatic rings. The first-order chi connectivity index (χ1) is 12.6. The number of hydrogen-bond donors (Lipinski definition) is 0. The lowest BCUT2D eigenvalue weighted by atomic mass is 10.2. The van der Waals surface area contributed by atoms with Crippen LogP contribution in [0.3, 0.4) is 0 Å². The first-order valence-electron chi connectivity index (χ1n) is 8.28. The van der Waals surface area contributed by atoms with Gasteiger partial charge in [0.05, 0.1) is 25.5 Å². The van der Waals surface area contributed by atoms with E-state index in [1.807, 2.05) is 6.20 Å². The van der Waals surface area contributed by atoms with E-state index in [1.54, 1.807) is 16.6 Å². The predicted molar refractivity (Wildman–Crippen MR) is 96.9 cm³/mol. The molecule has 0 saturated carbocycles. The zero-order valence-corrected chi connectivity index (χ0v) is 15.1. The lowest BCUT2D eigenvalue weighted by Gasteiger charge is -2.33. The van der Waals surface area contributed by atoms with Gasteiger partial charge in [0.25, 0.3) is 0 Å². The minimum atomic E-state index is -0.262. The van der Waals surface area contributed by atoms with E-state index in [0.29, 0.717) is 6.54 Å². The van der Waals surface area contributed by atoms with Crippen LogP contribution in [0.2, 0.25) is 0 Å². The maximum Gasteiger partial charge on any atom is 0.319 e. The van der Waals surface area contributed by atoms with E-state index in [1.165, 1.54) is 30.6 Å². The Balaban J connectivity index is 1.45. The number of nitrogens with zero attached hydrogens (tertiary/aromatic N) is 5. The monoisotopic (exact) mass is 375 g/mol. The summed E-state index contributed by atoms with van der Waals surface area (Å²) in [6.45, 7) is 3.51. The van der Waals surface area contributed by atoms with Crippen LogP contribution in [-0.2, 0) is 9.53 Å². The largest absolute Gasteiger partial charge is 0.468 e. The zero-order valence-electron chi connectivity index (χ0n) is 14.3. The van der Waals surface area contributed by atoms with Crippen LogP contribution >= 0.6 is 11.3 Å². The van der Waals surface area contributed by atoms with E-state index in [0.717, 1.165) is 47.5 Å². The van der Waals surface area contributed by atoms with E-state index in [-0.39, 0.29) is 11.8 Å². The number of rotatable bonds is 4. The highest BCUT2D eigenvalue weighted by Crippen LogP contribution is 2.27. The maximum absolute atomic E-state index is 13.1. The SMILES string of the molecule is COC(=O)CN1CCN(c2nn3cc(-c4ccc(F)cc4)nc3s2)CC1. The number of piperazine rings is 1. The summed E-state index contributed by atoms with van der Waals surface area (Å²) < 4.78 is 19.5. The standard InChI is InChI=1S/C17H18FN5O2S/c1-25-15(24)11-21-6-8-22(9-7-21)17-20-23-10-14(19-16(23)26-17)12-2-4-13(18)5-3-12/h2-5,10H,6-9,11H2,1H3. The molecule has 0 unspecified atom stereocenters. The van der Waals surface area contributed by atoms with Gasteiger partial charge in [-0.15, -0.1) is 5.10 Å². The number of anilines is 1. The van der Waals surface area contributed by atoms with Crippen LogP contribution in [0.4, 0.5) is 9.52 Å². The summed E-state index contributed by atoms with van der Waals surface area (Å²) in [5.74, 6) is -0.471. The molecule has 0 N–H and O–H groups in total. The molecule has 3 heterocycles. The summed E-state index contributed by atoms with van der Waals surface area (Å²) in [7, 11) is 1.41. The van der Waals surface area contributed by atoms with E-state index in [4.69, 9.17) is 4.74 Å². The third kappa shape index (κ3) is 3.40. The molecule has 0 atom stereocenters. The number of imidazole rings is 1. The van der Waals surface area contributed by atoms with Crippen LogP contribution in [0, 0.1) is 5.82 Å². The number of fused-ring (bicyclic) bond motifs is 1. The Kier molecular flexibility index (Phi) is 4.56. The summed E-state index contributed by atoms with van der Waals surface area (Å²) in [6.07, 6.45) is 1.86. The van der Waals surface area contributed by atoms with Gasteiger partial charge < -0.3 is 9.64 Å². The van der Waals surface area contributed by atoms with E-state index in [2.05, 4.69) is 19.9 Å². The number of halogens is 1. The molecule has 0 aliphatic carbocycles. The summed E-state index contributed by atoms with van der Waals surface area (Å²) in [4.78, 5) is 21.0. The first kappa shape index (κ1) is 16.9. The summed E-state index contributed by atoms with van der Waals surface area (Å²) in [5.41, 5.74) is 1.64. The van der Waals surface area contributed by atoms with Gasteiger partial charge in [-0.1, -0.05) is 11.3 Å². The van der Waals surface area contributed by atoms with Crippen molar-refractivity contribution in [1.82, 2.24) is 19.5 Å². The third-order valence-corrected chi connectivity index (χ3v) is 5.38. The number of ether oxygens (including phenoxy) is 1. The molecule has 1 aliphatic heterocycles. The van der Waals surface area contributed by atoms with Crippen LogP contribution in [0.1, 0.15) is 0 Å². The Bertz CT molecular complexity index is 884. The molecule has 136 valence electrons. The highest BCUT2D eigenvalue weighted by atomic mass is 32.1. The Morgan fingerprint density at radius 3 is 2.62 bits per heavy atom. The number of carbonyl (C=O) groups excluding carboxylic acids is 1. The lowest BCUT2D eigenvalue weighted by molar-refractivity contribution is -0.142. The molecule has 1 saturated heterocycles. The fraction of sp³-hybridized carbons (Fsp3) is 0.353. The van der Waals surface area contributed by atoms with Crippen molar-refractivity contribution in [1.29, 1.82) is 0 Å². The number of esters is 1. The van der Waals surface area contributed by atoms with Gasteiger partial charge in [0.1, 0.15) is 5.82 Å². The molecular formula is C17H18FN5O2S. The van der Waals surface area contributed by atoms with Gasteiger partial charge >= 0.3 is 5.97 Å². The molecule has 2 aromatic heterocycles. The predicted octanol–water partition coefficient (Wildman–Crippen LogP) is 1.89. The minimum Gasteiger partial charge on any atom is -0.468 e. The Morgan fingerprint density at radius 1 is 1.23 bits per heavy atom. The van der Waals surface area contributed by atoms with Crippen LogP contribution in [0.25, 0.3) is 16.2 Å². The van der Waals surface area contributed by atoms with Crippen molar-refractivity contribution in [2.75, 3.05) is 44.7 Å². The van der Waals surface area contributed by atoms with Crippen LogP contribution < -0.4 is 4.90 Å². The smallest absolute Gasteiger partial charge is 0.319 e. The topological polar surface area (TPSA) is 63.0 Å². The number of carbonyl (C=O) groups is 1. The van der Waals surface area contributed by atoms with Crippen molar-refractivity contribution in [3.05, 3.63) is 36.3 Å². The normalized spacial score (nSPS) is 15.5. The van der Waals surface area contributed by atoms with Crippen LogP contribution in [0.5, 0.6) is 0 Å². The molecule has 9 heteroatoms. The summed E-state index contributed by atoms with van der Waals surface area (Å²) in [6, 6.07) is 6.28. The molecule has 0 radical (unpaired) electrons. The van der Waals surface area contributed by atoms with Gasteiger partial charge in [-0.05, 0) is 24.3 Å². The number of methoxy groups -OCH3 is 1. The van der Waals surface area contributed by atoms with Crippen molar-refractivity contribution in [2.24, 2.45) is 0 Å². The first-order valence-corrected chi connectivity index (χ1v) is 9.10. The second-order valence-electron chi connectivity index (χ2n) is 6.08. The maximum atomic E-state index is 13.1. The highest BCUT2D eigenvalue weighted by molar-refractivity contribution is 7.20. The van der Waals surface area contributed by atoms with Crippen molar-refractivity contribution >= 4 is 27.4 Å². The fourth-order valence-corrected chi connectivity index (χ4v) is 3.86. The molecule has 4 rings (SSSR count). The fourth-order valence-electron chi connectivity index (χ4n) is 2.92. The lowest BCUT2D eigenvalue weighted by Crippen LogP contribution is -2.48. The third-order valence-electron chi connectivity index (χ3n) is 4.40. The second-order valence-corrected chi connectivity index (χ2v) is 7.02. The number of hydrogen-bond acceptors (Lipinski definition) is 7. The quantitative estimate of drug-likeness (QED) is 0.649. The average Bonchev–Trinajstić information content (AvgIpc) is 3.22. The molecular weight excluding hydrogens is 357 g/mol. The second kappa shape index (κ2) is 7.00. The number of aromatic nitrogens is 3. The van der Waals surface area contributed by atoms with E-state index in [9.17, 15) is 9.18 Å². The van der Waals surface area contributed by atoms with Gasteiger partial charge in [0.2, 0.25) is 10.1 Å². The van der Waals surface area contributed by atoms with Crippen molar-refractivity contribution < 1.29 is 13.9 Å². The molecule has 26 heavy (non-hydrogen) atoms. The Labute approximate surface area is 153 Å². The highest BCUT2D eigenvalue weighted by Gasteiger charge is 2.22. The molecule has 0 amide bonds. The average molecular weight is 375 g/mol. The summed E-state index contributed by atoms with van der Waals surface area (Å²) in [5, 5.41) is 5.53. The van der Waals surface area contributed by atoms with Crippen LogP contribution in [-0.4, -0.2) is 65.3 Å². The number of benzene rings is 1. The van der Waals surface area contributed by atoms with Gasteiger partial charge in [-0.2, -0.15) is 0 Å². The van der Waals surface area contributed by atoms with Gasteiger partial charge in [-0.25, -0.2) is 13.9 Å². The molecule has 0 bridgehead atoms. The molecule has 1 aromatic carbocycles. The Hall–Kier alpha value is -2.52. The van der Waals surface area contributed by atoms with E-state index < -0.39 is 0 Å². The van der Waals surface area contributed by atoms with Crippen molar-refractivity contribution in [2.45, 2.75) is 0 Å². The molecule has 0 spiro atoms. The molecule has 7 nitrogen and oxygen atoms in total. The molecule has 1 aliphatic rings. The van der Waals surface area contributed by atoms with E-state index >= 15 is 0 Å². The van der Waals surface area contributed by atoms with Gasteiger partial charge in [-0.3, -0.25) is 9.69 Å². The molecule has 1 fully saturated rings. The van der Waals surface area contributed by atoms with Gasteiger partial charge in [0, 0.05) is 31.7 Å². The minimum absolute atomic E-state index is 0.209. The van der Waals surface area contributed by atoms with Crippen molar-refractivity contribution in [3.63, 3.8) is 0 Å². The van der Waals surface area contributed by atoms with Crippen molar-refractivity contribution in [3.8, 4) is 11.3 Å². The zero-order chi connectivity index (χ0) is 18.1. The summed E-state index contributed by atoms with van der Waals surface area (Å²) >= 11 is 1.52. The van der Waals surface area contributed by atoms with Crippen LogP contribution in [0.15, 0.2) is 30.5 Å². The Morgan fingerprint density at radius 2 is 1.96 bits per heavy atom. The van der Waals surface area contributed by atoms with Gasteiger partial charge in [0.15, 0.2) is 0 Å².